The van der Waals surface area contributed by atoms with E-state index < -0.39 is 0 Å². The maximum absolute atomic E-state index is 5.41. The summed E-state index contributed by atoms with van der Waals surface area (Å²) in [5.74, 6) is 1.78. The quantitative estimate of drug-likeness (QED) is 0.130. The van der Waals surface area contributed by atoms with Crippen LogP contribution in [0.15, 0.2) is 212 Å². The van der Waals surface area contributed by atoms with Crippen molar-refractivity contribution in [3.63, 3.8) is 0 Å². The normalized spacial score (nSPS) is 11.9. The maximum atomic E-state index is 5.41. The molecule has 0 amide bonds. The molecule has 0 saturated carbocycles. The van der Waals surface area contributed by atoms with Crippen LogP contribution in [0.3, 0.4) is 0 Å². The summed E-state index contributed by atoms with van der Waals surface area (Å²) >= 11 is 0. The van der Waals surface area contributed by atoms with Gasteiger partial charge in [0, 0.05) is 38.4 Å². The zero-order valence-electron chi connectivity index (χ0n) is 40.1. The highest BCUT2D eigenvalue weighted by atomic mass is 15.2. The SMILES string of the molecule is CCCC(C)(C)c1c(CC)cccc1-c1cccc(-c2ccc(-n3c4ccccc4c4ccc5c6ccccc6n(-c6nc(-c7ccccc7)nc(-c7cccc(-c8ccccc8)c7)n6)c5c43)cc2)c1. The molecule has 0 atom stereocenters. The lowest BCUT2D eigenvalue weighted by Crippen LogP contribution is -2.20. The first-order valence-electron chi connectivity index (χ1n) is 24.6. The number of rotatable bonds is 11. The van der Waals surface area contributed by atoms with E-state index in [0.717, 1.165) is 85.4 Å². The number of fused-ring (bicyclic) bond motifs is 7. The van der Waals surface area contributed by atoms with E-state index in [1.165, 1.54) is 38.8 Å². The number of para-hydroxylation sites is 2. The van der Waals surface area contributed by atoms with Crippen LogP contribution in [0.2, 0.25) is 0 Å². The van der Waals surface area contributed by atoms with Crippen LogP contribution in [0.5, 0.6) is 0 Å². The summed E-state index contributed by atoms with van der Waals surface area (Å²) < 4.78 is 4.70. The molecule has 0 bridgehead atoms. The van der Waals surface area contributed by atoms with Gasteiger partial charge >= 0.3 is 0 Å². The van der Waals surface area contributed by atoms with Gasteiger partial charge in [-0.15, -0.1) is 0 Å². The van der Waals surface area contributed by atoms with Crippen LogP contribution in [0.4, 0.5) is 0 Å². The first-order valence-corrected chi connectivity index (χ1v) is 24.6. The third-order valence-electron chi connectivity index (χ3n) is 14.3. The zero-order chi connectivity index (χ0) is 47.3. The summed E-state index contributed by atoms with van der Waals surface area (Å²) in [4.78, 5) is 16.0. The molecule has 70 heavy (non-hydrogen) atoms. The molecule has 0 aliphatic carbocycles. The monoisotopic (exact) mass is 903 g/mol. The van der Waals surface area contributed by atoms with Gasteiger partial charge in [-0.05, 0) is 99.2 Å². The smallest absolute Gasteiger partial charge is 0.238 e. The van der Waals surface area contributed by atoms with Crippen molar-refractivity contribution in [2.45, 2.75) is 52.4 Å². The standard InChI is InChI=1S/C65H53N5/c1-5-40-65(3,4)59-43(6-2)24-19-31-52(59)49-27-17-25-47(41-49)45-34-36-51(37-35-45)69-57-32-15-13-29-53(57)55-38-39-56-54-30-14-16-33-58(54)70(61(56)60(55)69)64-67-62(46-22-11-8-12-23-46)66-63(68-64)50-28-18-26-48(42-50)44-20-9-7-10-21-44/h7-39,41-42H,5-6,40H2,1-4H3. The van der Waals surface area contributed by atoms with Gasteiger partial charge in [0.1, 0.15) is 0 Å². The van der Waals surface area contributed by atoms with Gasteiger partial charge in [-0.1, -0.05) is 210 Å². The number of hydrogen-bond acceptors (Lipinski definition) is 3. The Kier molecular flexibility index (Phi) is 10.8. The Balaban J connectivity index is 1.06. The van der Waals surface area contributed by atoms with Gasteiger partial charge < -0.3 is 4.57 Å². The molecule has 12 rings (SSSR count). The second-order valence-corrected chi connectivity index (χ2v) is 19.1. The Labute approximate surface area is 409 Å². The topological polar surface area (TPSA) is 48.5 Å². The minimum Gasteiger partial charge on any atom is -0.307 e. The van der Waals surface area contributed by atoms with E-state index in [4.69, 9.17) is 15.0 Å². The summed E-state index contributed by atoms with van der Waals surface area (Å²) in [6.45, 7) is 9.40. The van der Waals surface area contributed by atoms with E-state index in [1.54, 1.807) is 0 Å². The Morgan fingerprint density at radius 3 is 1.54 bits per heavy atom. The van der Waals surface area contributed by atoms with Crippen LogP contribution in [-0.4, -0.2) is 24.1 Å². The number of aromatic nitrogens is 5. The average molecular weight is 904 g/mol. The van der Waals surface area contributed by atoms with Crippen LogP contribution in [-0.2, 0) is 11.8 Å². The summed E-state index contributed by atoms with van der Waals surface area (Å²) in [5, 5.41) is 4.60. The zero-order valence-corrected chi connectivity index (χ0v) is 40.1. The van der Waals surface area contributed by atoms with E-state index in [2.05, 4.69) is 225 Å². The Bertz CT molecular complexity index is 3900. The highest BCUT2D eigenvalue weighted by Gasteiger charge is 2.27. The van der Waals surface area contributed by atoms with E-state index in [9.17, 15) is 0 Å². The maximum Gasteiger partial charge on any atom is 0.238 e. The second kappa shape index (κ2) is 17.6. The molecule has 0 fully saturated rings. The van der Waals surface area contributed by atoms with Crippen molar-refractivity contribution in [1.82, 2.24) is 24.1 Å². The largest absolute Gasteiger partial charge is 0.307 e. The molecule has 12 aromatic rings. The number of benzene rings is 9. The second-order valence-electron chi connectivity index (χ2n) is 19.1. The van der Waals surface area contributed by atoms with Crippen LogP contribution in [0.25, 0.3) is 111 Å². The summed E-state index contributed by atoms with van der Waals surface area (Å²) in [7, 11) is 0. The molecule has 3 heterocycles. The number of nitrogens with zero attached hydrogens (tertiary/aromatic N) is 5. The highest BCUT2D eigenvalue weighted by Crippen LogP contribution is 2.43. The van der Waals surface area contributed by atoms with Crippen LogP contribution < -0.4 is 0 Å². The third kappa shape index (κ3) is 7.37. The minimum absolute atomic E-state index is 0.0677. The molecule has 3 aromatic heterocycles. The van der Waals surface area contributed by atoms with E-state index in [0.29, 0.717) is 17.6 Å². The van der Waals surface area contributed by atoms with Crippen molar-refractivity contribution < 1.29 is 0 Å². The molecule has 0 saturated heterocycles. The van der Waals surface area contributed by atoms with Crippen LogP contribution >= 0.6 is 0 Å². The molecule has 9 aromatic carbocycles. The van der Waals surface area contributed by atoms with Crippen LogP contribution in [0, 0.1) is 0 Å². The highest BCUT2D eigenvalue weighted by molar-refractivity contribution is 6.23. The van der Waals surface area contributed by atoms with Gasteiger partial charge in [-0.3, -0.25) is 4.57 Å². The lowest BCUT2D eigenvalue weighted by atomic mass is 9.74. The van der Waals surface area contributed by atoms with Gasteiger partial charge in [-0.2, -0.15) is 9.97 Å². The van der Waals surface area contributed by atoms with Gasteiger partial charge in [-0.25, -0.2) is 4.98 Å². The lowest BCUT2D eigenvalue weighted by molar-refractivity contribution is 0.470. The van der Waals surface area contributed by atoms with E-state index in [-0.39, 0.29) is 5.41 Å². The van der Waals surface area contributed by atoms with Crippen molar-refractivity contribution >= 4 is 43.6 Å². The number of aryl methyl sites for hydroxylation is 1. The fourth-order valence-electron chi connectivity index (χ4n) is 11.1. The summed E-state index contributed by atoms with van der Waals surface area (Å²) in [6.07, 6.45) is 3.31. The van der Waals surface area contributed by atoms with Gasteiger partial charge in [0.15, 0.2) is 11.6 Å². The van der Waals surface area contributed by atoms with Crippen molar-refractivity contribution in [3.8, 4) is 67.8 Å². The first-order chi connectivity index (χ1) is 34.4. The molecule has 0 unspecified atom stereocenters. The van der Waals surface area contributed by atoms with Gasteiger partial charge in [0.2, 0.25) is 5.95 Å². The molecular weight excluding hydrogens is 851 g/mol. The van der Waals surface area contributed by atoms with Crippen LogP contribution in [0.1, 0.15) is 51.7 Å². The summed E-state index contributed by atoms with van der Waals surface area (Å²) in [6, 6.07) is 76.3. The molecule has 0 N–H and O–H groups in total. The molecule has 5 heteroatoms. The molecule has 0 aliphatic rings. The molecule has 0 spiro atoms. The first kappa shape index (κ1) is 42.9. The van der Waals surface area contributed by atoms with Crippen molar-refractivity contribution in [3.05, 3.63) is 223 Å². The van der Waals surface area contributed by atoms with Gasteiger partial charge in [0.05, 0.1) is 22.1 Å². The Morgan fingerprint density at radius 1 is 0.400 bits per heavy atom. The van der Waals surface area contributed by atoms with Gasteiger partial charge in [0.25, 0.3) is 0 Å². The third-order valence-corrected chi connectivity index (χ3v) is 14.3. The molecule has 0 aliphatic heterocycles. The van der Waals surface area contributed by atoms with E-state index in [1.807, 2.05) is 24.3 Å². The summed E-state index contributed by atoms with van der Waals surface area (Å²) in [5.41, 5.74) is 17.4. The lowest BCUT2D eigenvalue weighted by Gasteiger charge is -2.30. The fourth-order valence-corrected chi connectivity index (χ4v) is 11.1. The predicted molar refractivity (Wildman–Crippen MR) is 293 cm³/mol. The van der Waals surface area contributed by atoms with Crippen molar-refractivity contribution in [2.75, 3.05) is 0 Å². The van der Waals surface area contributed by atoms with E-state index >= 15 is 0 Å². The molecule has 338 valence electrons. The minimum atomic E-state index is 0.0677. The molecular formula is C65H53N5. The Morgan fingerprint density at radius 2 is 0.900 bits per heavy atom. The Hall–Kier alpha value is -8.41. The fraction of sp³-hybridized carbons (Fsp3) is 0.123. The van der Waals surface area contributed by atoms with Crippen molar-refractivity contribution in [1.29, 1.82) is 0 Å². The average Bonchev–Trinajstić information content (AvgIpc) is 3.94. The predicted octanol–water partition coefficient (Wildman–Crippen LogP) is 17.0. The molecule has 5 nitrogen and oxygen atoms in total. The number of hydrogen-bond donors (Lipinski definition) is 0. The molecule has 0 radical (unpaired) electrons. The van der Waals surface area contributed by atoms with Crippen molar-refractivity contribution in [2.24, 2.45) is 0 Å².